The van der Waals surface area contributed by atoms with Crippen LogP contribution in [0.5, 0.6) is 23.0 Å². The van der Waals surface area contributed by atoms with Gasteiger partial charge in [0.25, 0.3) is 11.1 Å². The van der Waals surface area contributed by atoms with Gasteiger partial charge in [0.2, 0.25) is 0 Å². The third-order valence-corrected chi connectivity index (χ3v) is 13.2. The maximum absolute atomic E-state index is 13.6. The fourth-order valence-electron chi connectivity index (χ4n) is 8.12. The Morgan fingerprint density at radius 2 is 1.03 bits per heavy atom. The van der Waals surface area contributed by atoms with Crippen LogP contribution in [0.2, 0.25) is 20.1 Å². The molecule has 360 valence electrons. The number of benzene rings is 4. The zero-order valence-electron chi connectivity index (χ0n) is 39.3. The maximum atomic E-state index is 13.6. The zero-order valence-corrected chi connectivity index (χ0v) is 42.3. The molecule has 0 unspecified atom stereocenters. The van der Waals surface area contributed by atoms with E-state index in [1.807, 2.05) is 56.3 Å². The smallest absolute Gasteiger partial charge is 0.258 e. The number of nitrogen functional groups attached to an aromatic ring is 1. The van der Waals surface area contributed by atoms with Crippen LogP contribution in [0.25, 0.3) is 44.1 Å². The Labute approximate surface area is 423 Å². The molecular formula is C52H47Cl4N7O7. The number of aromatic nitrogens is 4. The van der Waals surface area contributed by atoms with Crippen LogP contribution in [0, 0.1) is 13.8 Å². The van der Waals surface area contributed by atoms with E-state index in [4.69, 9.17) is 71.1 Å². The van der Waals surface area contributed by atoms with Crippen LogP contribution in [-0.2, 0) is 25.3 Å². The number of nitrogens with one attached hydrogen (secondary N) is 2. The molecule has 0 aliphatic carbocycles. The molecule has 0 radical (unpaired) electrons. The molecule has 8 aromatic rings. The molecule has 4 N–H and O–H groups in total. The SMILES string of the molecule is C=CC(=O)Cc1ccccc1Nc1ncc2cc(-c3c(Cl)c(OC)cc(OC)c3Cl)c(=O)n(C)c2c1C.COc1cc(OC)c(Cl)c(-c2cc3cnc(Nc4ccccc4N)c(C)c3n(C)c2=O)c1Cl. The van der Waals surface area contributed by atoms with E-state index in [9.17, 15) is 14.4 Å². The summed E-state index contributed by atoms with van der Waals surface area (Å²) >= 11 is 26.3. The van der Waals surface area contributed by atoms with E-state index in [-0.39, 0.29) is 49.0 Å². The molecule has 0 amide bonds. The number of nitrogens with zero attached hydrogens (tertiary/aromatic N) is 4. The minimum Gasteiger partial charge on any atom is -0.495 e. The summed E-state index contributed by atoms with van der Waals surface area (Å²) in [7, 11) is 9.30. The van der Waals surface area contributed by atoms with Gasteiger partial charge in [0, 0.05) is 83.8 Å². The number of halogens is 4. The van der Waals surface area contributed by atoms with Crippen LogP contribution < -0.4 is 46.4 Å². The summed E-state index contributed by atoms with van der Waals surface area (Å²) in [4.78, 5) is 48.2. The first-order valence-corrected chi connectivity index (χ1v) is 22.8. The van der Waals surface area contributed by atoms with Gasteiger partial charge in [0.15, 0.2) is 5.78 Å². The van der Waals surface area contributed by atoms with Gasteiger partial charge in [0.1, 0.15) is 34.6 Å². The van der Waals surface area contributed by atoms with Gasteiger partial charge >= 0.3 is 0 Å². The summed E-state index contributed by atoms with van der Waals surface area (Å²) in [6.07, 6.45) is 4.88. The van der Waals surface area contributed by atoms with Crippen LogP contribution in [0.4, 0.5) is 28.7 Å². The van der Waals surface area contributed by atoms with Crippen molar-refractivity contribution in [2.75, 3.05) is 44.8 Å². The number of carbonyl (C=O) groups is 1. The largest absolute Gasteiger partial charge is 0.495 e. The topological polar surface area (TPSA) is 174 Å². The Balaban J connectivity index is 0.000000208. The molecule has 0 bridgehead atoms. The Kier molecular flexibility index (Phi) is 15.3. The lowest BCUT2D eigenvalue weighted by Crippen LogP contribution is -2.20. The molecule has 0 spiro atoms. The number of nitrogens with two attached hydrogens (primary N) is 1. The minimum absolute atomic E-state index is 0.0844. The van der Waals surface area contributed by atoms with Crippen molar-refractivity contribution in [3.63, 3.8) is 0 Å². The molecule has 0 saturated heterocycles. The first-order chi connectivity index (χ1) is 33.5. The number of hydrogen-bond acceptors (Lipinski definition) is 12. The van der Waals surface area contributed by atoms with Gasteiger partial charge < -0.3 is 44.4 Å². The summed E-state index contributed by atoms with van der Waals surface area (Å²) in [6.45, 7) is 7.32. The third-order valence-electron chi connectivity index (χ3n) is 11.7. The van der Waals surface area contributed by atoms with Gasteiger partial charge in [-0.3, -0.25) is 14.4 Å². The third kappa shape index (κ3) is 9.55. The number of rotatable bonds is 13. The van der Waals surface area contributed by atoms with Gasteiger partial charge in [-0.05, 0) is 55.8 Å². The number of fused-ring (bicyclic) bond motifs is 2. The summed E-state index contributed by atoms with van der Waals surface area (Å²) < 4.78 is 24.5. The quantitative estimate of drug-likeness (QED) is 0.0738. The lowest BCUT2D eigenvalue weighted by molar-refractivity contribution is -0.114. The van der Waals surface area contributed by atoms with Crippen molar-refractivity contribution in [3.05, 3.63) is 155 Å². The molecule has 18 heteroatoms. The highest BCUT2D eigenvalue weighted by Crippen LogP contribution is 2.47. The normalized spacial score (nSPS) is 10.9. The van der Waals surface area contributed by atoms with Crippen LogP contribution >= 0.6 is 46.4 Å². The Morgan fingerprint density at radius 1 is 0.643 bits per heavy atom. The van der Waals surface area contributed by atoms with Crippen molar-refractivity contribution in [2.45, 2.75) is 20.3 Å². The molecular weight excluding hydrogens is 976 g/mol. The molecule has 8 rings (SSSR count). The van der Waals surface area contributed by atoms with Crippen molar-refractivity contribution >= 4 is 103 Å². The van der Waals surface area contributed by atoms with Crippen molar-refractivity contribution in [3.8, 4) is 45.3 Å². The molecule has 4 aromatic heterocycles. The Morgan fingerprint density at radius 3 is 1.43 bits per heavy atom. The maximum Gasteiger partial charge on any atom is 0.258 e. The number of methoxy groups -OCH3 is 4. The number of ketones is 1. The number of pyridine rings is 4. The van der Waals surface area contributed by atoms with E-state index in [0.717, 1.165) is 39.0 Å². The molecule has 0 aliphatic heterocycles. The summed E-state index contributed by atoms with van der Waals surface area (Å²) in [5.74, 6) is 2.45. The van der Waals surface area contributed by atoms with E-state index in [1.165, 1.54) is 34.5 Å². The first-order valence-electron chi connectivity index (χ1n) is 21.3. The second kappa shape index (κ2) is 21.2. The van der Waals surface area contributed by atoms with Crippen LogP contribution in [0.1, 0.15) is 16.7 Å². The van der Waals surface area contributed by atoms with Crippen LogP contribution in [0.3, 0.4) is 0 Å². The Bertz CT molecular complexity index is 3470. The second-order valence-corrected chi connectivity index (χ2v) is 17.3. The fourth-order valence-corrected chi connectivity index (χ4v) is 9.53. The lowest BCUT2D eigenvalue weighted by atomic mass is 10.0. The number of hydrogen-bond donors (Lipinski definition) is 3. The number of allylic oxidation sites excluding steroid dienone is 1. The molecule has 0 fully saturated rings. The van der Waals surface area contributed by atoms with Crippen molar-refractivity contribution < 1.29 is 23.7 Å². The molecule has 0 atom stereocenters. The number of ether oxygens (including phenoxy) is 4. The summed E-state index contributed by atoms with van der Waals surface area (Å²) in [5.41, 5.74) is 12.6. The average molecular weight is 1020 g/mol. The van der Waals surface area contributed by atoms with Gasteiger partial charge in [-0.2, -0.15) is 0 Å². The Hall–Kier alpha value is -7.23. The zero-order chi connectivity index (χ0) is 50.7. The van der Waals surface area contributed by atoms with E-state index in [0.29, 0.717) is 67.9 Å². The molecule has 70 heavy (non-hydrogen) atoms. The highest BCUT2D eigenvalue weighted by molar-refractivity contribution is 6.42. The van der Waals surface area contributed by atoms with Crippen LogP contribution in [0.15, 0.2) is 107 Å². The molecule has 4 heterocycles. The number of carbonyl (C=O) groups excluding carboxylic acids is 1. The molecule has 14 nitrogen and oxygen atoms in total. The van der Waals surface area contributed by atoms with Gasteiger partial charge in [-0.25, -0.2) is 9.97 Å². The number of aryl methyl sites for hydroxylation is 4. The van der Waals surface area contributed by atoms with E-state index < -0.39 is 0 Å². The highest BCUT2D eigenvalue weighted by atomic mass is 35.5. The van der Waals surface area contributed by atoms with E-state index >= 15 is 0 Å². The van der Waals surface area contributed by atoms with Gasteiger partial charge in [0.05, 0.1) is 82.1 Å². The second-order valence-electron chi connectivity index (χ2n) is 15.8. The summed E-state index contributed by atoms with van der Waals surface area (Å²) in [6, 6.07) is 21.5. The molecule has 0 aliphatic rings. The van der Waals surface area contributed by atoms with Crippen molar-refractivity contribution in [1.82, 2.24) is 19.1 Å². The summed E-state index contributed by atoms with van der Waals surface area (Å²) in [5, 5.41) is 8.88. The highest BCUT2D eigenvalue weighted by Gasteiger charge is 2.25. The van der Waals surface area contributed by atoms with Crippen LogP contribution in [-0.4, -0.2) is 53.3 Å². The van der Waals surface area contributed by atoms with Crippen molar-refractivity contribution in [1.29, 1.82) is 0 Å². The van der Waals surface area contributed by atoms with E-state index in [1.54, 1.807) is 66.0 Å². The molecule has 4 aromatic carbocycles. The minimum atomic E-state index is -0.302. The lowest BCUT2D eigenvalue weighted by Gasteiger charge is -2.18. The predicted molar refractivity (Wildman–Crippen MR) is 283 cm³/mol. The monoisotopic (exact) mass is 1020 g/mol. The average Bonchev–Trinajstić information content (AvgIpc) is 3.35. The fraction of sp³-hybridized carbons (Fsp3) is 0.173. The van der Waals surface area contributed by atoms with E-state index in [2.05, 4.69) is 27.2 Å². The van der Waals surface area contributed by atoms with Crippen molar-refractivity contribution in [2.24, 2.45) is 14.1 Å². The van der Waals surface area contributed by atoms with Gasteiger partial charge in [-0.15, -0.1) is 0 Å². The van der Waals surface area contributed by atoms with Gasteiger partial charge in [-0.1, -0.05) is 83.3 Å². The standard InChI is InChI=1S/C28H25Cl2N3O4.C24H22Cl2N4O3/c1-6-18(34)11-16-9-7-8-10-20(16)32-27-15(2)26-17(14-31-27)12-19(28(35)33(26)3)23-24(29)21(36-4)13-22(37-5)25(23)30;1-12-22-13(11-28-23(12)29-16-8-6-5-7-15(16)27)9-14(24(31)30(22)2)19-20(25)17(32-3)10-18(33-4)21(19)26/h6-10,12-14H,1,11H2,2-5H3,(H,31,32);5-11H,27H2,1-4H3,(H,28,29). The number of anilines is 5. The predicted octanol–water partition coefficient (Wildman–Crippen LogP) is 11.8. The molecule has 0 saturated carbocycles. The first kappa shape index (κ1) is 50.6. The number of para-hydroxylation sites is 3.